The molecule has 0 spiro atoms. The Balaban J connectivity index is 1.59. The van der Waals surface area contributed by atoms with Gasteiger partial charge in [0.05, 0.1) is 17.6 Å². The zero-order chi connectivity index (χ0) is 21.6. The zero-order valence-corrected chi connectivity index (χ0v) is 17.8. The van der Waals surface area contributed by atoms with Crippen LogP contribution in [0.15, 0.2) is 36.9 Å². The minimum atomic E-state index is -0.939. The van der Waals surface area contributed by atoms with E-state index >= 15 is 0 Å². The molecular formula is C23H27N7O. The summed E-state index contributed by atoms with van der Waals surface area (Å²) < 4.78 is 1.93. The van der Waals surface area contributed by atoms with Gasteiger partial charge in [0.25, 0.3) is 0 Å². The molecule has 0 unspecified atom stereocenters. The van der Waals surface area contributed by atoms with E-state index in [0.717, 1.165) is 47.0 Å². The molecule has 1 aliphatic rings. The first-order valence-electron chi connectivity index (χ1n) is 10.8. The summed E-state index contributed by atoms with van der Waals surface area (Å²) in [6.45, 7) is 4.19. The minimum Gasteiger partial charge on any atom is -0.384 e. The van der Waals surface area contributed by atoms with E-state index in [1.165, 1.54) is 0 Å². The molecular weight excluding hydrogens is 390 g/mol. The number of aromatic nitrogens is 6. The molecule has 0 bridgehead atoms. The third-order valence-electron chi connectivity index (χ3n) is 6.17. The molecule has 0 amide bonds. The number of H-pyrrole nitrogens is 1. The van der Waals surface area contributed by atoms with Gasteiger partial charge in [-0.15, -0.1) is 0 Å². The van der Waals surface area contributed by atoms with Crippen LogP contribution in [-0.4, -0.2) is 34.8 Å². The number of fused-ring (bicyclic) bond motifs is 1. The quantitative estimate of drug-likeness (QED) is 0.458. The van der Waals surface area contributed by atoms with Crippen LogP contribution in [0, 0.1) is 0 Å². The Kier molecular flexibility index (Phi) is 4.74. The van der Waals surface area contributed by atoms with Crippen LogP contribution < -0.4 is 5.73 Å². The molecule has 8 heteroatoms. The van der Waals surface area contributed by atoms with Gasteiger partial charge in [0.1, 0.15) is 11.2 Å². The number of hydrogen-bond donors (Lipinski definition) is 3. The summed E-state index contributed by atoms with van der Waals surface area (Å²) in [5, 5.41) is 16.5. The topological polar surface area (TPSA) is 119 Å². The maximum absolute atomic E-state index is 11.2. The highest BCUT2D eigenvalue weighted by Crippen LogP contribution is 2.38. The number of nitrogens with one attached hydrogen (secondary N) is 1. The van der Waals surface area contributed by atoms with E-state index < -0.39 is 5.60 Å². The Morgan fingerprint density at radius 2 is 1.90 bits per heavy atom. The number of rotatable bonds is 4. The van der Waals surface area contributed by atoms with Gasteiger partial charge in [-0.3, -0.25) is 4.68 Å². The number of anilines is 1. The van der Waals surface area contributed by atoms with Crippen molar-refractivity contribution in [1.82, 2.24) is 29.7 Å². The lowest BCUT2D eigenvalue weighted by Gasteiger charge is -2.31. The number of hydrogen-bond acceptors (Lipinski definition) is 6. The lowest BCUT2D eigenvalue weighted by Crippen LogP contribution is -2.30. The SMILES string of the molecule is CC(C)n1cc(-c2cnc3[nH]cc(-c4cc(C5(O)CCCCC5)nc(N)n4)c3c2)cn1. The summed E-state index contributed by atoms with van der Waals surface area (Å²) in [7, 11) is 0. The lowest BCUT2D eigenvalue weighted by molar-refractivity contribution is -0.00456. The van der Waals surface area contributed by atoms with Gasteiger partial charge in [-0.05, 0) is 38.8 Å². The fourth-order valence-corrected chi connectivity index (χ4v) is 4.38. The van der Waals surface area contributed by atoms with Crippen LogP contribution >= 0.6 is 0 Å². The van der Waals surface area contributed by atoms with E-state index in [1.807, 2.05) is 35.5 Å². The van der Waals surface area contributed by atoms with Crippen molar-refractivity contribution in [3.8, 4) is 22.4 Å². The maximum Gasteiger partial charge on any atom is 0.220 e. The van der Waals surface area contributed by atoms with Gasteiger partial charge < -0.3 is 15.8 Å². The van der Waals surface area contributed by atoms with E-state index in [4.69, 9.17) is 5.73 Å². The van der Waals surface area contributed by atoms with Gasteiger partial charge in [-0.25, -0.2) is 15.0 Å². The third kappa shape index (κ3) is 3.57. The second-order valence-corrected chi connectivity index (χ2v) is 8.71. The monoisotopic (exact) mass is 417 g/mol. The lowest BCUT2D eigenvalue weighted by atomic mass is 9.82. The van der Waals surface area contributed by atoms with E-state index in [9.17, 15) is 5.11 Å². The Labute approximate surface area is 180 Å². The predicted octanol–water partition coefficient (Wildman–Crippen LogP) is 4.20. The first kappa shape index (κ1) is 19.7. The summed E-state index contributed by atoms with van der Waals surface area (Å²) >= 11 is 0. The fourth-order valence-electron chi connectivity index (χ4n) is 4.38. The summed E-state index contributed by atoms with van der Waals surface area (Å²) in [5.74, 6) is 0.170. The summed E-state index contributed by atoms with van der Waals surface area (Å²) in [5.41, 5.74) is 10.0. The largest absolute Gasteiger partial charge is 0.384 e. The first-order valence-corrected chi connectivity index (χ1v) is 10.8. The van der Waals surface area contributed by atoms with E-state index in [0.29, 0.717) is 30.3 Å². The van der Waals surface area contributed by atoms with Crippen LogP contribution in [0.1, 0.15) is 57.7 Å². The predicted molar refractivity (Wildman–Crippen MR) is 120 cm³/mol. The highest BCUT2D eigenvalue weighted by Gasteiger charge is 2.33. The molecule has 0 aromatic carbocycles. The Morgan fingerprint density at radius 1 is 1.10 bits per heavy atom. The van der Waals surface area contributed by atoms with Crippen LogP contribution in [-0.2, 0) is 5.60 Å². The molecule has 0 radical (unpaired) electrons. The molecule has 1 saturated carbocycles. The molecule has 1 aliphatic carbocycles. The normalized spacial score (nSPS) is 16.3. The standard InChI is InChI=1S/C23H27N7O/c1-14(2)30-13-16(11-27-30)15-8-17-18(12-26-21(17)25-10-15)19-9-20(29-22(24)28-19)23(31)6-4-3-5-7-23/h8-14,31H,3-7H2,1-2H3,(H,25,26)(H2,24,28,29). The van der Waals surface area contributed by atoms with Gasteiger partial charge in [-0.1, -0.05) is 19.3 Å². The maximum atomic E-state index is 11.2. The highest BCUT2D eigenvalue weighted by atomic mass is 16.3. The van der Waals surface area contributed by atoms with E-state index in [1.54, 1.807) is 0 Å². The molecule has 4 aromatic heterocycles. The summed E-state index contributed by atoms with van der Waals surface area (Å²) in [6.07, 6.45) is 12.1. The van der Waals surface area contributed by atoms with E-state index in [-0.39, 0.29) is 5.95 Å². The fraction of sp³-hybridized carbons (Fsp3) is 0.391. The average molecular weight is 418 g/mol. The molecule has 0 saturated heterocycles. The van der Waals surface area contributed by atoms with Crippen LogP contribution in [0.2, 0.25) is 0 Å². The van der Waals surface area contributed by atoms with Crippen LogP contribution in [0.4, 0.5) is 5.95 Å². The molecule has 4 N–H and O–H groups in total. The first-order chi connectivity index (χ1) is 14.9. The molecule has 0 atom stereocenters. The Morgan fingerprint density at radius 3 is 2.65 bits per heavy atom. The molecule has 0 aliphatic heterocycles. The number of nitrogen functional groups attached to an aromatic ring is 1. The summed E-state index contributed by atoms with van der Waals surface area (Å²) in [4.78, 5) is 16.7. The number of nitrogens with two attached hydrogens (primary N) is 1. The number of nitrogens with zero attached hydrogens (tertiary/aromatic N) is 5. The van der Waals surface area contributed by atoms with Crippen molar-refractivity contribution in [3.63, 3.8) is 0 Å². The van der Waals surface area contributed by atoms with Crippen LogP contribution in [0.5, 0.6) is 0 Å². The van der Waals surface area contributed by atoms with Crippen LogP contribution in [0.25, 0.3) is 33.4 Å². The Bertz CT molecular complexity index is 1230. The smallest absolute Gasteiger partial charge is 0.220 e. The molecule has 5 rings (SSSR count). The van der Waals surface area contributed by atoms with Gasteiger partial charge in [0, 0.05) is 46.7 Å². The summed E-state index contributed by atoms with van der Waals surface area (Å²) in [6, 6.07) is 4.25. The van der Waals surface area contributed by atoms with Crippen molar-refractivity contribution < 1.29 is 5.11 Å². The second kappa shape index (κ2) is 7.46. The molecule has 8 nitrogen and oxygen atoms in total. The van der Waals surface area contributed by atoms with Crippen molar-refractivity contribution in [2.45, 2.75) is 57.6 Å². The number of aromatic amines is 1. The molecule has 4 heterocycles. The minimum absolute atomic E-state index is 0.170. The van der Waals surface area contributed by atoms with E-state index in [2.05, 4.69) is 44.9 Å². The highest BCUT2D eigenvalue weighted by molar-refractivity contribution is 5.95. The van der Waals surface area contributed by atoms with Crippen molar-refractivity contribution in [2.24, 2.45) is 0 Å². The average Bonchev–Trinajstić information content (AvgIpc) is 3.41. The molecule has 160 valence electrons. The van der Waals surface area contributed by atoms with Crippen molar-refractivity contribution in [1.29, 1.82) is 0 Å². The van der Waals surface area contributed by atoms with Crippen molar-refractivity contribution in [3.05, 3.63) is 42.6 Å². The number of pyridine rings is 1. The second-order valence-electron chi connectivity index (χ2n) is 8.71. The number of aliphatic hydroxyl groups is 1. The van der Waals surface area contributed by atoms with Gasteiger partial charge in [0.2, 0.25) is 5.95 Å². The van der Waals surface area contributed by atoms with Crippen molar-refractivity contribution in [2.75, 3.05) is 5.73 Å². The third-order valence-corrected chi connectivity index (χ3v) is 6.17. The van der Waals surface area contributed by atoms with Gasteiger partial charge in [-0.2, -0.15) is 5.10 Å². The zero-order valence-electron chi connectivity index (χ0n) is 17.8. The van der Waals surface area contributed by atoms with Crippen LogP contribution in [0.3, 0.4) is 0 Å². The molecule has 4 aromatic rings. The van der Waals surface area contributed by atoms with Crippen molar-refractivity contribution >= 4 is 17.0 Å². The molecule has 1 fully saturated rings. The molecule has 31 heavy (non-hydrogen) atoms. The van der Waals surface area contributed by atoms with Gasteiger partial charge >= 0.3 is 0 Å². The Hall–Kier alpha value is -3.26. The van der Waals surface area contributed by atoms with Gasteiger partial charge in [0.15, 0.2) is 0 Å².